The third-order valence-electron chi connectivity index (χ3n) is 2.19. The van der Waals surface area contributed by atoms with Crippen LogP contribution in [0.15, 0.2) is 30.6 Å². The molecule has 0 saturated carbocycles. The van der Waals surface area contributed by atoms with Crippen molar-refractivity contribution in [3.05, 3.63) is 59.2 Å². The number of carbonyl (C=O) groups is 2. The Morgan fingerprint density at radius 3 is 2.33 bits per heavy atom. The van der Waals surface area contributed by atoms with E-state index in [1.54, 1.807) is 0 Å². The minimum atomic E-state index is -1.12. The first-order chi connectivity index (χ1) is 8.61. The van der Waals surface area contributed by atoms with Crippen molar-refractivity contribution in [2.75, 3.05) is 0 Å². The Bertz CT molecular complexity index is 612. The van der Waals surface area contributed by atoms with Gasteiger partial charge < -0.3 is 0 Å². The second-order valence-corrected chi connectivity index (χ2v) is 3.42. The molecule has 0 bridgehead atoms. The minimum Gasteiger partial charge on any atom is -0.298 e. The second kappa shape index (κ2) is 4.79. The van der Waals surface area contributed by atoms with Gasteiger partial charge in [-0.05, 0) is 18.2 Å². The number of rotatable bonds is 3. The molecule has 0 saturated heterocycles. The van der Waals surface area contributed by atoms with Crippen molar-refractivity contribution in [3.8, 4) is 0 Å². The van der Waals surface area contributed by atoms with Gasteiger partial charge in [0, 0.05) is 18.0 Å². The van der Waals surface area contributed by atoms with E-state index in [-0.39, 0.29) is 17.0 Å². The Kier molecular flexibility index (Phi) is 3.18. The van der Waals surface area contributed by atoms with Crippen molar-refractivity contribution >= 4 is 12.1 Å². The molecule has 18 heavy (non-hydrogen) atoms. The van der Waals surface area contributed by atoms with E-state index >= 15 is 0 Å². The molecule has 2 aromatic rings. The third kappa shape index (κ3) is 2.27. The summed E-state index contributed by atoms with van der Waals surface area (Å²) in [6.45, 7) is 0. The summed E-state index contributed by atoms with van der Waals surface area (Å²) in [5.41, 5.74) is 0.157. The molecule has 1 aromatic heterocycles. The number of ketones is 1. The SMILES string of the molecule is O=Cc1cnc(C(=O)c2ccc(F)c(F)c2)nc1. The fourth-order valence-electron chi connectivity index (χ4n) is 1.28. The standard InChI is InChI=1S/C12H6F2N2O2/c13-9-2-1-8(3-10(9)14)11(18)12-15-4-7(6-17)5-16-12/h1-6H. The molecular formula is C12H6F2N2O2. The van der Waals surface area contributed by atoms with Gasteiger partial charge in [-0.1, -0.05) is 0 Å². The van der Waals surface area contributed by atoms with Crippen LogP contribution in [0.3, 0.4) is 0 Å². The van der Waals surface area contributed by atoms with Crippen LogP contribution in [0.1, 0.15) is 26.5 Å². The van der Waals surface area contributed by atoms with Gasteiger partial charge in [0.2, 0.25) is 11.6 Å². The zero-order chi connectivity index (χ0) is 13.1. The van der Waals surface area contributed by atoms with Gasteiger partial charge >= 0.3 is 0 Å². The molecule has 4 nitrogen and oxygen atoms in total. The van der Waals surface area contributed by atoms with Gasteiger partial charge in [-0.25, -0.2) is 18.7 Å². The summed E-state index contributed by atoms with van der Waals surface area (Å²) in [5, 5.41) is 0. The molecule has 0 aliphatic heterocycles. The first kappa shape index (κ1) is 12.0. The second-order valence-electron chi connectivity index (χ2n) is 3.42. The zero-order valence-corrected chi connectivity index (χ0v) is 8.93. The summed E-state index contributed by atoms with van der Waals surface area (Å²) in [4.78, 5) is 29.5. The van der Waals surface area contributed by atoms with Gasteiger partial charge in [0.25, 0.3) is 0 Å². The predicted octanol–water partition coefficient (Wildman–Crippen LogP) is 1.80. The van der Waals surface area contributed by atoms with E-state index in [1.807, 2.05) is 0 Å². The molecule has 0 aliphatic carbocycles. The molecule has 0 aliphatic rings. The van der Waals surface area contributed by atoms with E-state index in [0.29, 0.717) is 6.29 Å². The van der Waals surface area contributed by atoms with E-state index in [0.717, 1.165) is 18.2 Å². The lowest BCUT2D eigenvalue weighted by molar-refractivity contribution is 0.102. The summed E-state index contributed by atoms with van der Waals surface area (Å²) in [5.74, 6) is -2.99. The molecule has 0 N–H and O–H groups in total. The first-order valence-electron chi connectivity index (χ1n) is 4.89. The van der Waals surface area contributed by atoms with Crippen LogP contribution in [0.4, 0.5) is 8.78 Å². The molecule has 0 spiro atoms. The minimum absolute atomic E-state index is 0.0623. The lowest BCUT2D eigenvalue weighted by Gasteiger charge is -2.00. The number of benzene rings is 1. The maximum atomic E-state index is 13.0. The van der Waals surface area contributed by atoms with Gasteiger partial charge in [-0.15, -0.1) is 0 Å². The molecule has 90 valence electrons. The highest BCUT2D eigenvalue weighted by molar-refractivity contribution is 6.06. The number of nitrogens with zero attached hydrogens (tertiary/aromatic N) is 2. The molecule has 2 rings (SSSR count). The Hall–Kier alpha value is -2.50. The van der Waals surface area contributed by atoms with Crippen molar-refractivity contribution in [1.29, 1.82) is 0 Å². The molecule has 0 unspecified atom stereocenters. The molecular weight excluding hydrogens is 242 g/mol. The van der Waals surface area contributed by atoms with E-state index < -0.39 is 17.4 Å². The van der Waals surface area contributed by atoms with E-state index in [2.05, 4.69) is 9.97 Å². The van der Waals surface area contributed by atoms with Crippen LogP contribution in [-0.4, -0.2) is 22.0 Å². The normalized spacial score (nSPS) is 10.1. The molecule has 0 radical (unpaired) electrons. The van der Waals surface area contributed by atoms with Crippen LogP contribution in [0, 0.1) is 11.6 Å². The smallest absolute Gasteiger partial charge is 0.230 e. The van der Waals surface area contributed by atoms with Gasteiger partial charge in [0.05, 0.1) is 5.56 Å². The summed E-state index contributed by atoms with van der Waals surface area (Å²) in [7, 11) is 0. The number of hydrogen-bond acceptors (Lipinski definition) is 4. The number of aldehydes is 1. The van der Waals surface area contributed by atoms with Crippen molar-refractivity contribution in [2.24, 2.45) is 0 Å². The fraction of sp³-hybridized carbons (Fsp3) is 0. The van der Waals surface area contributed by atoms with Gasteiger partial charge in [0.15, 0.2) is 17.9 Å². The van der Waals surface area contributed by atoms with E-state index in [9.17, 15) is 18.4 Å². The summed E-state index contributed by atoms with van der Waals surface area (Å²) >= 11 is 0. The van der Waals surface area contributed by atoms with E-state index in [4.69, 9.17) is 0 Å². The molecule has 6 heteroatoms. The lowest BCUT2D eigenvalue weighted by Crippen LogP contribution is -2.08. The number of carbonyl (C=O) groups excluding carboxylic acids is 2. The molecule has 0 fully saturated rings. The van der Waals surface area contributed by atoms with Crippen molar-refractivity contribution < 1.29 is 18.4 Å². The maximum Gasteiger partial charge on any atom is 0.230 e. The molecule has 1 heterocycles. The first-order valence-corrected chi connectivity index (χ1v) is 4.89. The maximum absolute atomic E-state index is 13.0. The highest BCUT2D eigenvalue weighted by Gasteiger charge is 2.14. The Morgan fingerprint density at radius 1 is 1.11 bits per heavy atom. The quantitative estimate of drug-likeness (QED) is 0.613. The number of hydrogen-bond donors (Lipinski definition) is 0. The fourth-order valence-corrected chi connectivity index (χ4v) is 1.28. The van der Waals surface area contributed by atoms with Crippen LogP contribution < -0.4 is 0 Å². The Morgan fingerprint density at radius 2 is 1.78 bits per heavy atom. The van der Waals surface area contributed by atoms with Crippen LogP contribution in [0.2, 0.25) is 0 Å². The van der Waals surface area contributed by atoms with Gasteiger partial charge in [0.1, 0.15) is 0 Å². The van der Waals surface area contributed by atoms with Crippen molar-refractivity contribution in [1.82, 2.24) is 9.97 Å². The van der Waals surface area contributed by atoms with Crippen LogP contribution in [0.5, 0.6) is 0 Å². The summed E-state index contributed by atoms with van der Waals surface area (Å²) in [6, 6.07) is 2.76. The van der Waals surface area contributed by atoms with Crippen LogP contribution in [0.25, 0.3) is 0 Å². The number of aromatic nitrogens is 2. The molecule has 0 amide bonds. The highest BCUT2D eigenvalue weighted by Crippen LogP contribution is 2.11. The molecule has 0 atom stereocenters. The van der Waals surface area contributed by atoms with Crippen molar-refractivity contribution in [3.63, 3.8) is 0 Å². The highest BCUT2D eigenvalue weighted by atomic mass is 19.2. The topological polar surface area (TPSA) is 59.9 Å². The predicted molar refractivity (Wildman–Crippen MR) is 57.2 cm³/mol. The third-order valence-corrected chi connectivity index (χ3v) is 2.19. The van der Waals surface area contributed by atoms with Gasteiger partial charge in [-0.3, -0.25) is 9.59 Å². The average molecular weight is 248 g/mol. The van der Waals surface area contributed by atoms with Gasteiger partial charge in [-0.2, -0.15) is 0 Å². The lowest BCUT2D eigenvalue weighted by atomic mass is 10.1. The van der Waals surface area contributed by atoms with Crippen LogP contribution in [-0.2, 0) is 0 Å². The summed E-state index contributed by atoms with van der Waals surface area (Å²) in [6.07, 6.45) is 2.88. The largest absolute Gasteiger partial charge is 0.298 e. The average Bonchev–Trinajstić information content (AvgIpc) is 2.41. The van der Waals surface area contributed by atoms with E-state index in [1.165, 1.54) is 12.4 Å². The Labute approximate surface area is 100 Å². The van der Waals surface area contributed by atoms with Crippen molar-refractivity contribution in [2.45, 2.75) is 0 Å². The zero-order valence-electron chi connectivity index (χ0n) is 8.93. The molecule has 1 aromatic carbocycles. The van der Waals surface area contributed by atoms with Crippen LogP contribution >= 0.6 is 0 Å². The monoisotopic (exact) mass is 248 g/mol. The summed E-state index contributed by atoms with van der Waals surface area (Å²) < 4.78 is 25.7. The Balaban J connectivity index is 2.34. The number of halogens is 2.